The summed E-state index contributed by atoms with van der Waals surface area (Å²) in [7, 11) is -3.51. The van der Waals surface area contributed by atoms with Crippen LogP contribution in [0.3, 0.4) is 0 Å². The molecule has 1 amide bonds. The largest absolute Gasteiger partial charge is 0.356 e. The summed E-state index contributed by atoms with van der Waals surface area (Å²) in [6.07, 6.45) is 5.47. The van der Waals surface area contributed by atoms with Gasteiger partial charge in [-0.25, -0.2) is 13.1 Å². The topological polar surface area (TPSA) is 75.3 Å². The van der Waals surface area contributed by atoms with E-state index in [1.807, 2.05) is 0 Å². The Hall–Kier alpha value is -1.11. The second-order valence-corrected chi connectivity index (χ2v) is 8.87. The fraction of sp³-hybridized carbons (Fsp3) is 0.611. The van der Waals surface area contributed by atoms with Gasteiger partial charge in [0.1, 0.15) is 0 Å². The average molecular weight is 387 g/mol. The van der Waals surface area contributed by atoms with E-state index in [9.17, 15) is 13.2 Å². The maximum absolute atomic E-state index is 12.3. The molecular formula is C18H27ClN2O3S. The van der Waals surface area contributed by atoms with Gasteiger partial charge in [-0.1, -0.05) is 24.9 Å². The van der Waals surface area contributed by atoms with E-state index in [0.29, 0.717) is 11.6 Å². The number of hydrogen-bond acceptors (Lipinski definition) is 3. The first-order chi connectivity index (χ1) is 11.9. The number of halogens is 1. The van der Waals surface area contributed by atoms with Gasteiger partial charge in [0.05, 0.1) is 4.90 Å². The van der Waals surface area contributed by atoms with Gasteiger partial charge in [0, 0.05) is 24.0 Å². The predicted octanol–water partition coefficient (Wildman–Crippen LogP) is 3.34. The van der Waals surface area contributed by atoms with Crippen molar-refractivity contribution in [2.75, 3.05) is 13.1 Å². The predicted molar refractivity (Wildman–Crippen MR) is 100 cm³/mol. The highest BCUT2D eigenvalue weighted by molar-refractivity contribution is 7.89. The van der Waals surface area contributed by atoms with Crippen molar-refractivity contribution in [2.24, 2.45) is 11.8 Å². The van der Waals surface area contributed by atoms with Crippen LogP contribution in [0.1, 0.15) is 45.4 Å². The lowest BCUT2D eigenvalue weighted by molar-refractivity contribution is -0.126. The highest BCUT2D eigenvalue weighted by Crippen LogP contribution is 2.29. The fourth-order valence-corrected chi connectivity index (χ4v) is 4.33. The van der Waals surface area contributed by atoms with E-state index in [1.165, 1.54) is 12.1 Å². The molecule has 1 aliphatic carbocycles. The number of sulfonamides is 1. The average Bonchev–Trinajstić information content (AvgIpc) is 2.61. The second kappa shape index (κ2) is 9.55. The molecule has 140 valence electrons. The van der Waals surface area contributed by atoms with Crippen molar-refractivity contribution in [3.8, 4) is 0 Å². The summed E-state index contributed by atoms with van der Waals surface area (Å²) in [5, 5.41) is 3.50. The van der Waals surface area contributed by atoms with Crippen LogP contribution in [0.4, 0.5) is 0 Å². The van der Waals surface area contributed by atoms with E-state index in [1.54, 1.807) is 12.1 Å². The van der Waals surface area contributed by atoms with Crippen molar-refractivity contribution in [1.29, 1.82) is 0 Å². The minimum Gasteiger partial charge on any atom is -0.356 e. The van der Waals surface area contributed by atoms with Crippen molar-refractivity contribution >= 4 is 27.5 Å². The lowest BCUT2D eigenvalue weighted by atomic mass is 9.81. The van der Waals surface area contributed by atoms with Gasteiger partial charge < -0.3 is 5.32 Å². The molecule has 1 fully saturated rings. The molecule has 0 saturated heterocycles. The molecule has 0 spiro atoms. The lowest BCUT2D eigenvalue weighted by Crippen LogP contribution is -2.36. The van der Waals surface area contributed by atoms with Crippen LogP contribution in [-0.4, -0.2) is 27.4 Å². The van der Waals surface area contributed by atoms with Crippen LogP contribution in [0.5, 0.6) is 0 Å². The Labute approximate surface area is 155 Å². The first-order valence-corrected chi connectivity index (χ1v) is 10.8. The Balaban J connectivity index is 1.76. The van der Waals surface area contributed by atoms with E-state index in [2.05, 4.69) is 17.0 Å². The molecule has 0 radical (unpaired) electrons. The number of amides is 1. The minimum atomic E-state index is -3.51. The molecular weight excluding hydrogens is 360 g/mol. The molecule has 7 heteroatoms. The molecule has 1 aliphatic rings. The smallest absolute Gasteiger partial charge is 0.240 e. The van der Waals surface area contributed by atoms with Crippen molar-refractivity contribution in [3.05, 3.63) is 29.3 Å². The Morgan fingerprint density at radius 3 is 2.40 bits per heavy atom. The third kappa shape index (κ3) is 6.28. The van der Waals surface area contributed by atoms with Crippen molar-refractivity contribution in [3.63, 3.8) is 0 Å². The Morgan fingerprint density at radius 1 is 1.16 bits per heavy atom. The van der Waals surface area contributed by atoms with E-state index < -0.39 is 10.0 Å². The number of carbonyl (C=O) groups is 1. The minimum absolute atomic E-state index is 0.0704. The summed E-state index contributed by atoms with van der Waals surface area (Å²) in [5.41, 5.74) is 0. The summed E-state index contributed by atoms with van der Waals surface area (Å²) in [4.78, 5) is 12.3. The van der Waals surface area contributed by atoms with Crippen LogP contribution in [-0.2, 0) is 14.8 Å². The highest BCUT2D eigenvalue weighted by atomic mass is 35.5. The Bertz CT molecular complexity index is 653. The van der Waals surface area contributed by atoms with Gasteiger partial charge in [0.15, 0.2) is 0 Å². The summed E-state index contributed by atoms with van der Waals surface area (Å²) >= 11 is 5.79. The van der Waals surface area contributed by atoms with Gasteiger partial charge in [-0.2, -0.15) is 0 Å². The zero-order chi connectivity index (χ0) is 18.3. The Kier molecular flexibility index (Phi) is 7.72. The molecule has 0 aromatic heterocycles. The van der Waals surface area contributed by atoms with Gasteiger partial charge in [-0.3, -0.25) is 4.79 Å². The Morgan fingerprint density at radius 2 is 1.80 bits per heavy atom. The van der Waals surface area contributed by atoms with Crippen molar-refractivity contribution < 1.29 is 13.2 Å². The molecule has 0 atom stereocenters. The molecule has 5 nitrogen and oxygen atoms in total. The molecule has 25 heavy (non-hydrogen) atoms. The van der Waals surface area contributed by atoms with Gasteiger partial charge in [-0.05, 0) is 62.3 Å². The first-order valence-electron chi connectivity index (χ1n) is 8.95. The fourth-order valence-electron chi connectivity index (χ4n) is 3.09. The number of nitrogens with one attached hydrogen (secondary N) is 2. The molecule has 2 rings (SSSR count). The number of benzene rings is 1. The van der Waals surface area contributed by atoms with Crippen LogP contribution < -0.4 is 10.0 Å². The molecule has 0 heterocycles. The van der Waals surface area contributed by atoms with E-state index in [0.717, 1.165) is 45.1 Å². The second-order valence-electron chi connectivity index (χ2n) is 6.67. The monoisotopic (exact) mass is 386 g/mol. The van der Waals surface area contributed by atoms with Gasteiger partial charge in [-0.15, -0.1) is 0 Å². The number of carbonyl (C=O) groups excluding carboxylic acids is 1. The van der Waals surface area contributed by atoms with Gasteiger partial charge in [0.2, 0.25) is 15.9 Å². The van der Waals surface area contributed by atoms with E-state index >= 15 is 0 Å². The molecule has 0 bridgehead atoms. The molecule has 2 N–H and O–H groups in total. The van der Waals surface area contributed by atoms with Crippen LogP contribution in [0.15, 0.2) is 29.2 Å². The maximum atomic E-state index is 12.3. The highest BCUT2D eigenvalue weighted by Gasteiger charge is 2.27. The maximum Gasteiger partial charge on any atom is 0.240 e. The molecule has 0 unspecified atom stereocenters. The summed E-state index contributed by atoms with van der Waals surface area (Å²) in [6, 6.07) is 6.14. The first kappa shape index (κ1) is 20.2. The number of unbranched alkanes of at least 4 members (excludes halogenated alkanes) is 1. The summed E-state index contributed by atoms with van der Waals surface area (Å²) in [5.74, 6) is 0.497. The molecule has 1 aromatic rings. The van der Waals surface area contributed by atoms with Crippen LogP contribution >= 0.6 is 11.6 Å². The van der Waals surface area contributed by atoms with Gasteiger partial charge in [0.25, 0.3) is 0 Å². The van der Waals surface area contributed by atoms with Crippen molar-refractivity contribution in [2.45, 2.75) is 50.3 Å². The van der Waals surface area contributed by atoms with Crippen LogP contribution in [0.2, 0.25) is 5.02 Å². The van der Waals surface area contributed by atoms with Crippen LogP contribution in [0.25, 0.3) is 0 Å². The third-order valence-corrected chi connectivity index (χ3v) is 6.42. The quantitative estimate of drug-likeness (QED) is 0.673. The zero-order valence-electron chi connectivity index (χ0n) is 14.6. The SMILES string of the molecule is CCCCNC(=O)C1CCC(CNS(=O)(=O)c2ccc(Cl)cc2)CC1. The molecule has 1 aromatic carbocycles. The van der Waals surface area contributed by atoms with E-state index in [4.69, 9.17) is 11.6 Å². The van der Waals surface area contributed by atoms with Crippen LogP contribution in [0, 0.1) is 11.8 Å². The zero-order valence-corrected chi connectivity index (χ0v) is 16.2. The van der Waals surface area contributed by atoms with E-state index in [-0.39, 0.29) is 22.6 Å². The number of rotatable bonds is 8. The lowest BCUT2D eigenvalue weighted by Gasteiger charge is -2.27. The summed E-state index contributed by atoms with van der Waals surface area (Å²) < 4.78 is 27.3. The summed E-state index contributed by atoms with van der Waals surface area (Å²) in [6.45, 7) is 3.26. The normalized spacial score (nSPS) is 21.0. The molecule has 1 saturated carbocycles. The third-order valence-electron chi connectivity index (χ3n) is 4.73. The molecule has 0 aliphatic heterocycles. The van der Waals surface area contributed by atoms with Crippen molar-refractivity contribution in [1.82, 2.24) is 10.0 Å². The number of hydrogen-bond donors (Lipinski definition) is 2. The van der Waals surface area contributed by atoms with Gasteiger partial charge >= 0.3 is 0 Å². The standard InChI is InChI=1S/C18H27ClN2O3S/c1-2-3-12-20-18(22)15-6-4-14(5-7-15)13-21-25(23,24)17-10-8-16(19)9-11-17/h8-11,14-15,21H,2-7,12-13H2,1H3,(H,20,22).